The number of benzene rings is 1. The summed E-state index contributed by atoms with van der Waals surface area (Å²) in [4.78, 5) is 20.1. The summed E-state index contributed by atoms with van der Waals surface area (Å²) in [7, 11) is 4.82. The van der Waals surface area contributed by atoms with Gasteiger partial charge in [0.15, 0.2) is 0 Å². The monoisotopic (exact) mass is 331 g/mol. The summed E-state index contributed by atoms with van der Waals surface area (Å²) < 4.78 is 12.1. The molecule has 3 rings (SSSR count). The molecular formula is C16H14ClN3O3. The Morgan fingerprint density at radius 2 is 2.09 bits per heavy atom. The molecule has 7 heteroatoms. The Bertz CT molecular complexity index is 905. The number of aromatic nitrogens is 3. The van der Waals surface area contributed by atoms with Crippen molar-refractivity contribution in [3.8, 4) is 17.0 Å². The number of rotatable bonds is 3. The molecule has 23 heavy (non-hydrogen) atoms. The highest BCUT2D eigenvalue weighted by Crippen LogP contribution is 2.35. The number of hydrogen-bond acceptors (Lipinski definition) is 5. The van der Waals surface area contributed by atoms with E-state index in [1.165, 1.54) is 13.3 Å². The second-order valence-electron chi connectivity index (χ2n) is 4.90. The van der Waals surface area contributed by atoms with E-state index in [9.17, 15) is 4.79 Å². The number of methoxy groups -OCH3 is 2. The van der Waals surface area contributed by atoms with E-state index in [2.05, 4.69) is 9.97 Å². The van der Waals surface area contributed by atoms with Gasteiger partial charge < -0.3 is 14.0 Å². The van der Waals surface area contributed by atoms with Crippen LogP contribution in [0.25, 0.3) is 22.2 Å². The fraction of sp³-hybridized carbons (Fsp3) is 0.188. The highest BCUT2D eigenvalue weighted by atomic mass is 35.5. The average Bonchev–Trinajstić information content (AvgIpc) is 2.91. The van der Waals surface area contributed by atoms with Crippen LogP contribution in [-0.4, -0.2) is 34.7 Å². The lowest BCUT2D eigenvalue weighted by molar-refractivity contribution is 0.0600. The lowest BCUT2D eigenvalue weighted by Crippen LogP contribution is -2.06. The van der Waals surface area contributed by atoms with Gasteiger partial charge in [-0.05, 0) is 17.7 Å². The zero-order chi connectivity index (χ0) is 16.6. The first-order valence-corrected chi connectivity index (χ1v) is 7.18. The van der Waals surface area contributed by atoms with Crippen molar-refractivity contribution >= 4 is 28.5 Å². The number of para-hydroxylation sites is 1. The highest BCUT2D eigenvalue weighted by Gasteiger charge is 2.21. The van der Waals surface area contributed by atoms with Crippen LogP contribution in [0.3, 0.4) is 0 Å². The van der Waals surface area contributed by atoms with Gasteiger partial charge in [0.25, 0.3) is 0 Å². The number of hydrogen-bond donors (Lipinski definition) is 0. The largest absolute Gasteiger partial charge is 0.495 e. The maximum Gasteiger partial charge on any atom is 0.341 e. The first kappa shape index (κ1) is 15.3. The van der Waals surface area contributed by atoms with Crippen molar-refractivity contribution < 1.29 is 14.3 Å². The third-order valence-corrected chi connectivity index (χ3v) is 3.79. The molecule has 0 saturated heterocycles. The molecule has 0 atom stereocenters. The molecule has 0 N–H and O–H groups in total. The molecule has 0 amide bonds. The van der Waals surface area contributed by atoms with E-state index in [-0.39, 0.29) is 10.8 Å². The minimum absolute atomic E-state index is 0.0625. The van der Waals surface area contributed by atoms with E-state index in [1.54, 1.807) is 7.11 Å². The fourth-order valence-corrected chi connectivity index (χ4v) is 2.74. The number of nitrogens with zero attached hydrogens (tertiary/aromatic N) is 3. The van der Waals surface area contributed by atoms with Crippen molar-refractivity contribution in [2.24, 2.45) is 7.05 Å². The standard InChI is InChI=1S/C16H14ClN3O3/c1-20-8-11(9-5-4-6-12(22-2)14(9)20)13-10(15(21)23-3)7-18-16(17)19-13/h4-8H,1-3H3. The molecular weight excluding hydrogens is 318 g/mol. The summed E-state index contributed by atoms with van der Waals surface area (Å²) in [5.41, 5.74) is 2.34. The van der Waals surface area contributed by atoms with Gasteiger partial charge in [0.1, 0.15) is 11.3 Å². The van der Waals surface area contributed by atoms with E-state index in [1.807, 2.05) is 36.0 Å². The maximum absolute atomic E-state index is 12.0. The summed E-state index contributed by atoms with van der Waals surface area (Å²) in [5.74, 6) is 0.215. The summed E-state index contributed by atoms with van der Waals surface area (Å²) >= 11 is 5.93. The molecule has 0 radical (unpaired) electrons. The van der Waals surface area contributed by atoms with Crippen LogP contribution in [0.1, 0.15) is 10.4 Å². The van der Waals surface area contributed by atoms with E-state index < -0.39 is 5.97 Å². The normalized spacial score (nSPS) is 10.8. The van der Waals surface area contributed by atoms with Crippen molar-refractivity contribution in [3.63, 3.8) is 0 Å². The van der Waals surface area contributed by atoms with Crippen LogP contribution in [0.5, 0.6) is 5.75 Å². The van der Waals surface area contributed by atoms with Crippen molar-refractivity contribution in [2.45, 2.75) is 0 Å². The zero-order valence-electron chi connectivity index (χ0n) is 12.8. The van der Waals surface area contributed by atoms with Crippen LogP contribution in [0.4, 0.5) is 0 Å². The Labute approximate surface area is 137 Å². The number of carbonyl (C=O) groups excluding carboxylic acids is 1. The third kappa shape index (κ3) is 2.51. The Balaban J connectivity index is 2.34. The van der Waals surface area contributed by atoms with Crippen LogP contribution >= 0.6 is 11.6 Å². The summed E-state index contributed by atoms with van der Waals surface area (Å²) in [6.45, 7) is 0. The number of carbonyl (C=O) groups is 1. The number of aryl methyl sites for hydroxylation is 1. The first-order valence-electron chi connectivity index (χ1n) is 6.80. The van der Waals surface area contributed by atoms with Gasteiger partial charge in [0.05, 0.1) is 25.4 Å². The van der Waals surface area contributed by atoms with Gasteiger partial charge in [-0.15, -0.1) is 0 Å². The van der Waals surface area contributed by atoms with Crippen molar-refractivity contribution in [1.82, 2.24) is 14.5 Å². The van der Waals surface area contributed by atoms with Crippen LogP contribution in [-0.2, 0) is 11.8 Å². The molecule has 0 spiro atoms. The molecule has 0 aliphatic rings. The van der Waals surface area contributed by atoms with E-state index in [0.717, 1.165) is 22.2 Å². The number of halogens is 1. The Morgan fingerprint density at radius 3 is 2.78 bits per heavy atom. The van der Waals surface area contributed by atoms with Gasteiger partial charge in [-0.3, -0.25) is 0 Å². The van der Waals surface area contributed by atoms with E-state index in [4.69, 9.17) is 21.1 Å². The number of fused-ring (bicyclic) bond motifs is 1. The molecule has 1 aromatic carbocycles. The fourth-order valence-electron chi connectivity index (χ4n) is 2.61. The lowest BCUT2D eigenvalue weighted by Gasteiger charge is -2.06. The van der Waals surface area contributed by atoms with Gasteiger partial charge in [0, 0.05) is 30.4 Å². The van der Waals surface area contributed by atoms with Crippen molar-refractivity contribution in [1.29, 1.82) is 0 Å². The molecule has 0 saturated carbocycles. The van der Waals surface area contributed by atoms with E-state index in [0.29, 0.717) is 5.69 Å². The average molecular weight is 332 g/mol. The third-order valence-electron chi connectivity index (χ3n) is 3.60. The second kappa shape index (κ2) is 5.89. The summed E-state index contributed by atoms with van der Waals surface area (Å²) in [6, 6.07) is 5.69. The predicted molar refractivity (Wildman–Crippen MR) is 86.8 cm³/mol. The molecule has 0 aliphatic carbocycles. The second-order valence-corrected chi connectivity index (χ2v) is 5.24. The Kier molecular flexibility index (Phi) is 3.92. The summed E-state index contributed by atoms with van der Waals surface area (Å²) in [5, 5.41) is 0.958. The molecule has 0 fully saturated rings. The minimum atomic E-state index is -0.517. The Morgan fingerprint density at radius 1 is 1.30 bits per heavy atom. The van der Waals surface area contributed by atoms with Crippen LogP contribution in [0.15, 0.2) is 30.6 Å². The van der Waals surface area contributed by atoms with E-state index >= 15 is 0 Å². The topological polar surface area (TPSA) is 66.2 Å². The quantitative estimate of drug-likeness (QED) is 0.545. The van der Waals surface area contributed by atoms with Crippen LogP contribution < -0.4 is 4.74 Å². The van der Waals surface area contributed by atoms with Crippen molar-refractivity contribution in [3.05, 3.63) is 41.4 Å². The molecule has 2 aromatic heterocycles. The van der Waals surface area contributed by atoms with Gasteiger partial charge in [-0.2, -0.15) is 0 Å². The zero-order valence-corrected chi connectivity index (χ0v) is 13.6. The Hall–Kier alpha value is -2.60. The van der Waals surface area contributed by atoms with Gasteiger partial charge in [0.2, 0.25) is 5.28 Å². The molecule has 2 heterocycles. The lowest BCUT2D eigenvalue weighted by atomic mass is 10.1. The molecule has 6 nitrogen and oxygen atoms in total. The van der Waals surface area contributed by atoms with Gasteiger partial charge >= 0.3 is 5.97 Å². The molecule has 0 bridgehead atoms. The smallest absolute Gasteiger partial charge is 0.341 e. The van der Waals surface area contributed by atoms with Crippen LogP contribution in [0, 0.1) is 0 Å². The SMILES string of the molecule is COC(=O)c1cnc(Cl)nc1-c1cn(C)c2c(OC)cccc12. The maximum atomic E-state index is 12.0. The van der Waals surface area contributed by atoms with Crippen molar-refractivity contribution in [2.75, 3.05) is 14.2 Å². The minimum Gasteiger partial charge on any atom is -0.495 e. The predicted octanol–water partition coefficient (Wildman–Crippen LogP) is 3.08. The first-order chi connectivity index (χ1) is 11.1. The highest BCUT2D eigenvalue weighted by molar-refractivity contribution is 6.28. The van der Waals surface area contributed by atoms with Gasteiger partial charge in [-0.25, -0.2) is 14.8 Å². The number of esters is 1. The molecule has 0 aliphatic heterocycles. The molecule has 0 unspecified atom stereocenters. The number of ether oxygens (including phenoxy) is 2. The summed E-state index contributed by atoms with van der Waals surface area (Å²) in [6.07, 6.45) is 3.24. The molecule has 118 valence electrons. The van der Waals surface area contributed by atoms with Gasteiger partial charge in [-0.1, -0.05) is 12.1 Å². The molecule has 3 aromatic rings. The van der Waals surface area contributed by atoms with Crippen LogP contribution in [0.2, 0.25) is 5.28 Å².